The summed E-state index contributed by atoms with van der Waals surface area (Å²) in [5.74, 6) is 0.428. The van der Waals surface area contributed by atoms with Crippen molar-refractivity contribution in [2.45, 2.75) is 39.0 Å². The molecule has 0 aromatic heterocycles. The molecule has 2 heterocycles. The van der Waals surface area contributed by atoms with Gasteiger partial charge < -0.3 is 15.0 Å². The molecular formula is C22H22N2O3. The summed E-state index contributed by atoms with van der Waals surface area (Å²) in [4.78, 5) is 26.8. The average molecular weight is 362 g/mol. The molecule has 0 aliphatic carbocycles. The molecule has 0 spiro atoms. The van der Waals surface area contributed by atoms with Crippen LogP contribution in [0, 0.1) is 6.92 Å². The summed E-state index contributed by atoms with van der Waals surface area (Å²) in [5.41, 5.74) is 4.46. The highest BCUT2D eigenvalue weighted by Gasteiger charge is 2.39. The van der Waals surface area contributed by atoms with E-state index in [0.29, 0.717) is 43.0 Å². The van der Waals surface area contributed by atoms with Crippen molar-refractivity contribution in [3.8, 4) is 5.75 Å². The predicted molar refractivity (Wildman–Crippen MR) is 102 cm³/mol. The quantitative estimate of drug-likeness (QED) is 0.908. The molecule has 0 radical (unpaired) electrons. The second kappa shape index (κ2) is 6.91. The summed E-state index contributed by atoms with van der Waals surface area (Å²) in [5, 5.41) is 2.76. The van der Waals surface area contributed by atoms with Crippen LogP contribution >= 0.6 is 0 Å². The normalized spacial score (nSPS) is 19.1. The molecule has 0 bridgehead atoms. The highest BCUT2D eigenvalue weighted by atomic mass is 16.5. The monoisotopic (exact) mass is 362 g/mol. The number of aryl methyl sites for hydroxylation is 1. The zero-order valence-electron chi connectivity index (χ0n) is 15.3. The maximum absolute atomic E-state index is 12.9. The Bertz CT molecular complexity index is 918. The van der Waals surface area contributed by atoms with Crippen molar-refractivity contribution in [1.29, 1.82) is 0 Å². The zero-order valence-corrected chi connectivity index (χ0v) is 15.3. The minimum Gasteiger partial charge on any atom is -0.489 e. The van der Waals surface area contributed by atoms with E-state index in [1.807, 2.05) is 31.2 Å². The Hall–Kier alpha value is -3.08. The summed E-state index contributed by atoms with van der Waals surface area (Å²) in [7, 11) is 0. The molecule has 5 nitrogen and oxygen atoms in total. The number of nitrogens with zero attached hydrogens (tertiary/aromatic N) is 1. The minimum absolute atomic E-state index is 0.113. The van der Waals surface area contributed by atoms with Gasteiger partial charge in [-0.25, -0.2) is 0 Å². The van der Waals surface area contributed by atoms with Gasteiger partial charge in [0.05, 0.1) is 6.54 Å². The molecule has 5 heteroatoms. The van der Waals surface area contributed by atoms with Crippen molar-refractivity contribution < 1.29 is 14.3 Å². The predicted octanol–water partition coefficient (Wildman–Crippen LogP) is 3.32. The molecule has 2 aliphatic rings. The molecule has 1 fully saturated rings. The largest absolute Gasteiger partial charge is 0.489 e. The Kier molecular flexibility index (Phi) is 4.44. The van der Waals surface area contributed by atoms with Gasteiger partial charge in [-0.2, -0.15) is 0 Å². The van der Waals surface area contributed by atoms with E-state index in [2.05, 4.69) is 24.0 Å². The lowest BCUT2D eigenvalue weighted by Crippen LogP contribution is -2.49. The second-order valence-corrected chi connectivity index (χ2v) is 7.14. The molecule has 2 amide bonds. The Balaban J connectivity index is 1.53. The van der Waals surface area contributed by atoms with Crippen LogP contribution in [-0.2, 0) is 17.9 Å². The standard InChI is InChI=1S/C22H22N2O3/c1-14-6-9-16(10-7-14)13-27-20-5-3-4-17-18(20)12-24(22(17)26)19-11-8-15(2)23-21(19)25/h3-7,9-10,19H,2,8,11-13H2,1H3,(H,23,25). The number of allylic oxidation sites excluding steroid dienone is 1. The molecule has 1 unspecified atom stereocenters. The number of fused-ring (bicyclic) bond motifs is 1. The Morgan fingerprint density at radius 2 is 1.96 bits per heavy atom. The van der Waals surface area contributed by atoms with E-state index >= 15 is 0 Å². The number of rotatable bonds is 4. The number of piperidine rings is 1. The maximum atomic E-state index is 12.9. The van der Waals surface area contributed by atoms with E-state index in [1.54, 1.807) is 11.0 Å². The first-order chi connectivity index (χ1) is 13.0. The highest BCUT2D eigenvalue weighted by molar-refractivity contribution is 6.02. The number of ether oxygens (including phenoxy) is 1. The lowest BCUT2D eigenvalue weighted by molar-refractivity contribution is -0.126. The van der Waals surface area contributed by atoms with E-state index in [1.165, 1.54) is 5.56 Å². The number of amides is 2. The smallest absolute Gasteiger partial charge is 0.255 e. The summed E-state index contributed by atoms with van der Waals surface area (Å²) in [6.07, 6.45) is 1.29. The number of carbonyl (C=O) groups excluding carboxylic acids is 2. The van der Waals surface area contributed by atoms with Crippen LogP contribution in [0.1, 0.15) is 39.9 Å². The van der Waals surface area contributed by atoms with Gasteiger partial charge in [-0.15, -0.1) is 0 Å². The lowest BCUT2D eigenvalue weighted by atomic mass is 10.0. The molecule has 27 heavy (non-hydrogen) atoms. The summed E-state index contributed by atoms with van der Waals surface area (Å²) >= 11 is 0. The number of nitrogens with one attached hydrogen (secondary N) is 1. The van der Waals surface area contributed by atoms with Crippen molar-refractivity contribution in [2.24, 2.45) is 0 Å². The minimum atomic E-state index is -0.458. The van der Waals surface area contributed by atoms with Crippen molar-refractivity contribution >= 4 is 11.8 Å². The van der Waals surface area contributed by atoms with Gasteiger partial charge in [0.15, 0.2) is 0 Å². The van der Waals surface area contributed by atoms with E-state index in [9.17, 15) is 9.59 Å². The third-order valence-corrected chi connectivity index (χ3v) is 5.17. The van der Waals surface area contributed by atoms with Crippen LogP contribution < -0.4 is 10.1 Å². The van der Waals surface area contributed by atoms with Crippen LogP contribution in [0.25, 0.3) is 0 Å². The molecule has 2 aliphatic heterocycles. The van der Waals surface area contributed by atoms with Crippen LogP contribution in [0.3, 0.4) is 0 Å². The Morgan fingerprint density at radius 3 is 2.70 bits per heavy atom. The van der Waals surface area contributed by atoms with Gasteiger partial charge in [0.25, 0.3) is 5.91 Å². The molecular weight excluding hydrogens is 340 g/mol. The fraction of sp³-hybridized carbons (Fsp3) is 0.273. The first-order valence-corrected chi connectivity index (χ1v) is 9.13. The van der Waals surface area contributed by atoms with Gasteiger partial charge in [0.1, 0.15) is 18.4 Å². The third kappa shape index (κ3) is 3.33. The SMILES string of the molecule is C=C1CCC(N2Cc3c(OCc4ccc(C)cc4)cccc3C2=O)C(=O)N1. The van der Waals surface area contributed by atoms with E-state index in [-0.39, 0.29) is 11.8 Å². The highest BCUT2D eigenvalue weighted by Crippen LogP contribution is 2.34. The van der Waals surface area contributed by atoms with Crippen LogP contribution in [0.5, 0.6) is 5.75 Å². The summed E-state index contributed by atoms with van der Waals surface area (Å²) < 4.78 is 6.01. The summed E-state index contributed by atoms with van der Waals surface area (Å²) in [6.45, 7) is 6.68. The average Bonchev–Trinajstić information content (AvgIpc) is 2.99. The molecule has 4 rings (SSSR count). The number of benzene rings is 2. The first-order valence-electron chi connectivity index (χ1n) is 9.13. The van der Waals surface area contributed by atoms with Gasteiger partial charge in [-0.1, -0.05) is 42.5 Å². The fourth-order valence-corrected chi connectivity index (χ4v) is 3.62. The molecule has 1 saturated heterocycles. The molecule has 2 aromatic carbocycles. The van der Waals surface area contributed by atoms with Gasteiger partial charge in [-0.3, -0.25) is 9.59 Å². The molecule has 1 N–H and O–H groups in total. The van der Waals surface area contributed by atoms with Crippen molar-refractivity contribution in [2.75, 3.05) is 0 Å². The van der Waals surface area contributed by atoms with E-state index < -0.39 is 6.04 Å². The van der Waals surface area contributed by atoms with Gasteiger partial charge in [-0.05, 0) is 37.5 Å². The van der Waals surface area contributed by atoms with Gasteiger partial charge in [0, 0.05) is 16.8 Å². The number of hydrogen-bond donors (Lipinski definition) is 1. The van der Waals surface area contributed by atoms with Crippen molar-refractivity contribution in [1.82, 2.24) is 10.2 Å². The zero-order chi connectivity index (χ0) is 19.0. The molecule has 2 aromatic rings. The molecule has 1 atom stereocenters. The van der Waals surface area contributed by atoms with E-state index in [4.69, 9.17) is 4.74 Å². The van der Waals surface area contributed by atoms with Crippen LogP contribution in [0.2, 0.25) is 0 Å². The summed E-state index contributed by atoms with van der Waals surface area (Å²) in [6, 6.07) is 13.2. The molecule has 138 valence electrons. The van der Waals surface area contributed by atoms with Crippen molar-refractivity contribution in [3.63, 3.8) is 0 Å². The van der Waals surface area contributed by atoms with Crippen LogP contribution in [0.15, 0.2) is 54.7 Å². The van der Waals surface area contributed by atoms with E-state index in [0.717, 1.165) is 11.1 Å². The third-order valence-electron chi connectivity index (χ3n) is 5.17. The number of hydrogen-bond acceptors (Lipinski definition) is 3. The van der Waals surface area contributed by atoms with Crippen molar-refractivity contribution in [3.05, 3.63) is 77.0 Å². The topological polar surface area (TPSA) is 58.6 Å². The molecule has 0 saturated carbocycles. The maximum Gasteiger partial charge on any atom is 0.255 e. The lowest BCUT2D eigenvalue weighted by Gasteiger charge is -2.31. The Morgan fingerprint density at radius 1 is 1.19 bits per heavy atom. The van der Waals surface area contributed by atoms with Crippen LogP contribution in [0.4, 0.5) is 0 Å². The fourth-order valence-electron chi connectivity index (χ4n) is 3.62. The van der Waals surface area contributed by atoms with Crippen LogP contribution in [-0.4, -0.2) is 22.8 Å². The first kappa shape index (κ1) is 17.3. The van der Waals surface area contributed by atoms with Gasteiger partial charge >= 0.3 is 0 Å². The number of carbonyl (C=O) groups is 2. The van der Waals surface area contributed by atoms with Gasteiger partial charge in [0.2, 0.25) is 5.91 Å². The Labute approximate surface area is 158 Å². The second-order valence-electron chi connectivity index (χ2n) is 7.14.